The van der Waals surface area contributed by atoms with Gasteiger partial charge in [-0.1, -0.05) is 25.2 Å². The van der Waals surface area contributed by atoms with Gasteiger partial charge in [0, 0.05) is 22.3 Å². The molecule has 1 aromatic carbocycles. The average Bonchev–Trinajstić information content (AvgIpc) is 2.41. The summed E-state index contributed by atoms with van der Waals surface area (Å²) < 4.78 is 0. The Morgan fingerprint density at radius 2 is 2.05 bits per heavy atom. The van der Waals surface area contributed by atoms with E-state index in [0.29, 0.717) is 4.99 Å². The van der Waals surface area contributed by atoms with E-state index in [1.165, 1.54) is 0 Å². The van der Waals surface area contributed by atoms with Crippen LogP contribution < -0.4 is 11.1 Å². The molecular formula is C15H17N3S2. The molecule has 0 amide bonds. The minimum Gasteiger partial charge on any atom is -0.389 e. The van der Waals surface area contributed by atoms with E-state index in [0.717, 1.165) is 33.3 Å². The van der Waals surface area contributed by atoms with Crippen molar-refractivity contribution in [3.05, 3.63) is 47.8 Å². The normalized spacial score (nSPS) is 10.3. The van der Waals surface area contributed by atoms with Crippen LogP contribution in [0.15, 0.2) is 41.4 Å². The number of hydrogen-bond donors (Lipinski definition) is 2. The van der Waals surface area contributed by atoms with Gasteiger partial charge in [-0.15, -0.1) is 11.8 Å². The van der Waals surface area contributed by atoms with Gasteiger partial charge in [-0.2, -0.15) is 0 Å². The lowest BCUT2D eigenvalue weighted by molar-refractivity contribution is 1.20. The molecule has 0 saturated carbocycles. The number of nitrogens with zero attached hydrogens (tertiary/aromatic N) is 1. The fraction of sp³-hybridized carbons (Fsp3) is 0.200. The first-order valence-corrected chi connectivity index (χ1v) is 7.77. The highest BCUT2D eigenvalue weighted by Gasteiger charge is 2.12. The molecule has 0 bridgehead atoms. The van der Waals surface area contributed by atoms with Gasteiger partial charge < -0.3 is 11.1 Å². The average molecular weight is 303 g/mol. The van der Waals surface area contributed by atoms with Gasteiger partial charge in [-0.25, -0.2) is 0 Å². The third-order valence-electron chi connectivity index (χ3n) is 2.85. The lowest BCUT2D eigenvalue weighted by atomic mass is 10.1. The van der Waals surface area contributed by atoms with E-state index in [1.807, 2.05) is 37.3 Å². The van der Waals surface area contributed by atoms with Gasteiger partial charge in [0.05, 0.1) is 11.4 Å². The quantitative estimate of drug-likeness (QED) is 0.648. The van der Waals surface area contributed by atoms with Gasteiger partial charge in [0.1, 0.15) is 4.99 Å². The molecule has 2 aromatic rings. The molecule has 0 aliphatic carbocycles. The molecular weight excluding hydrogens is 286 g/mol. The zero-order valence-electron chi connectivity index (χ0n) is 11.5. The van der Waals surface area contributed by atoms with E-state index in [2.05, 4.69) is 17.2 Å². The van der Waals surface area contributed by atoms with Crippen molar-refractivity contribution in [2.24, 2.45) is 5.73 Å². The van der Waals surface area contributed by atoms with Crippen molar-refractivity contribution in [1.82, 2.24) is 4.98 Å². The highest BCUT2D eigenvalue weighted by molar-refractivity contribution is 7.99. The number of hydrogen-bond acceptors (Lipinski definition) is 4. The van der Waals surface area contributed by atoms with Gasteiger partial charge in [0.2, 0.25) is 0 Å². The minimum absolute atomic E-state index is 0.408. The maximum Gasteiger partial charge on any atom is 0.107 e. The first-order chi connectivity index (χ1) is 9.63. The number of nitrogens with two attached hydrogens (primary N) is 1. The third kappa shape index (κ3) is 3.29. The number of aromatic nitrogens is 1. The van der Waals surface area contributed by atoms with Crippen LogP contribution in [0.2, 0.25) is 0 Å². The Morgan fingerprint density at radius 3 is 2.70 bits per heavy atom. The number of aryl methyl sites for hydroxylation is 1. The van der Waals surface area contributed by atoms with Crippen LogP contribution in [0.4, 0.5) is 11.4 Å². The van der Waals surface area contributed by atoms with Crippen LogP contribution in [-0.4, -0.2) is 15.7 Å². The number of nitrogens with one attached hydrogen (secondary N) is 1. The number of anilines is 2. The molecule has 0 unspecified atom stereocenters. The minimum atomic E-state index is 0.408. The fourth-order valence-corrected chi connectivity index (χ4v) is 3.06. The molecule has 0 spiro atoms. The Labute approximate surface area is 129 Å². The largest absolute Gasteiger partial charge is 0.389 e. The molecule has 0 aliphatic rings. The van der Waals surface area contributed by atoms with Crippen LogP contribution in [0.3, 0.4) is 0 Å². The fourth-order valence-electron chi connectivity index (χ4n) is 1.93. The van der Waals surface area contributed by atoms with Gasteiger partial charge in [0.25, 0.3) is 0 Å². The second-order valence-electron chi connectivity index (χ2n) is 4.24. The van der Waals surface area contributed by atoms with Gasteiger partial charge >= 0.3 is 0 Å². The van der Waals surface area contributed by atoms with E-state index in [1.54, 1.807) is 18.0 Å². The van der Waals surface area contributed by atoms with Crippen molar-refractivity contribution in [2.45, 2.75) is 18.7 Å². The van der Waals surface area contributed by atoms with Crippen molar-refractivity contribution in [3.63, 3.8) is 0 Å². The molecule has 0 saturated heterocycles. The Morgan fingerprint density at radius 1 is 1.30 bits per heavy atom. The van der Waals surface area contributed by atoms with Crippen molar-refractivity contribution >= 4 is 40.3 Å². The summed E-state index contributed by atoms with van der Waals surface area (Å²) in [7, 11) is 0. The topological polar surface area (TPSA) is 50.9 Å². The molecule has 0 radical (unpaired) electrons. The predicted octanol–water partition coefficient (Wildman–Crippen LogP) is 3.88. The van der Waals surface area contributed by atoms with E-state index in [9.17, 15) is 0 Å². The summed E-state index contributed by atoms with van der Waals surface area (Å²) in [5, 5.41) is 3.38. The van der Waals surface area contributed by atoms with Crippen molar-refractivity contribution < 1.29 is 0 Å². The van der Waals surface area contributed by atoms with Crippen LogP contribution in [0.25, 0.3) is 0 Å². The molecule has 1 heterocycles. The van der Waals surface area contributed by atoms with Gasteiger partial charge in [-0.05, 0) is 36.9 Å². The molecule has 20 heavy (non-hydrogen) atoms. The lowest BCUT2D eigenvalue weighted by Gasteiger charge is -2.15. The second kappa shape index (κ2) is 6.72. The van der Waals surface area contributed by atoms with Gasteiger partial charge in [-0.3, -0.25) is 4.98 Å². The van der Waals surface area contributed by atoms with E-state index >= 15 is 0 Å². The molecule has 0 atom stereocenters. The van der Waals surface area contributed by atoms with E-state index in [4.69, 9.17) is 18.0 Å². The van der Waals surface area contributed by atoms with Crippen LogP contribution in [0.5, 0.6) is 0 Å². The molecule has 3 N–H and O–H groups in total. The molecule has 0 fully saturated rings. The summed E-state index contributed by atoms with van der Waals surface area (Å²) >= 11 is 6.95. The maximum absolute atomic E-state index is 5.90. The summed E-state index contributed by atoms with van der Waals surface area (Å²) in [6, 6.07) is 9.93. The van der Waals surface area contributed by atoms with Crippen LogP contribution >= 0.6 is 24.0 Å². The number of rotatable bonds is 5. The molecule has 1 aromatic heterocycles. The highest BCUT2D eigenvalue weighted by Crippen LogP contribution is 2.30. The van der Waals surface area contributed by atoms with Crippen LogP contribution in [0.1, 0.15) is 18.2 Å². The Bertz CT molecular complexity index is 626. The molecule has 2 rings (SSSR count). The third-order valence-corrected chi connectivity index (χ3v) is 3.99. The standard InChI is InChI=1S/C15H17N3S2/c1-3-20-13-8-4-6-12(14(13)15(16)19)18-11-7-5-9-17-10(11)2/h4-9,18H,3H2,1-2H3,(H2,16,19). The summed E-state index contributed by atoms with van der Waals surface area (Å²) in [6.45, 7) is 4.08. The van der Waals surface area contributed by atoms with Crippen LogP contribution in [0, 0.1) is 6.92 Å². The zero-order chi connectivity index (χ0) is 14.5. The first-order valence-electron chi connectivity index (χ1n) is 6.37. The maximum atomic E-state index is 5.90. The number of thiocarbonyl (C=S) groups is 1. The number of pyridine rings is 1. The van der Waals surface area contributed by atoms with E-state index < -0.39 is 0 Å². The second-order valence-corrected chi connectivity index (χ2v) is 5.98. The molecule has 0 aliphatic heterocycles. The molecule has 3 nitrogen and oxygen atoms in total. The van der Waals surface area contributed by atoms with Crippen molar-refractivity contribution in [1.29, 1.82) is 0 Å². The Balaban J connectivity index is 2.44. The van der Waals surface area contributed by atoms with Crippen molar-refractivity contribution in [3.8, 4) is 0 Å². The number of benzene rings is 1. The monoisotopic (exact) mass is 303 g/mol. The zero-order valence-corrected chi connectivity index (χ0v) is 13.1. The highest BCUT2D eigenvalue weighted by atomic mass is 32.2. The Hall–Kier alpha value is -1.59. The Kier molecular flexibility index (Phi) is 4.98. The SMILES string of the molecule is CCSc1cccc(Nc2cccnc2C)c1C(N)=S. The molecule has 5 heteroatoms. The summed E-state index contributed by atoms with van der Waals surface area (Å²) in [4.78, 5) is 5.79. The predicted molar refractivity (Wildman–Crippen MR) is 91.0 cm³/mol. The number of thioether (sulfide) groups is 1. The van der Waals surface area contributed by atoms with Gasteiger partial charge in [0.15, 0.2) is 0 Å². The van der Waals surface area contributed by atoms with Crippen LogP contribution in [-0.2, 0) is 0 Å². The first kappa shape index (κ1) is 14.8. The van der Waals surface area contributed by atoms with E-state index in [-0.39, 0.29) is 0 Å². The van der Waals surface area contributed by atoms with Crippen molar-refractivity contribution in [2.75, 3.05) is 11.1 Å². The lowest BCUT2D eigenvalue weighted by Crippen LogP contribution is -2.13. The smallest absolute Gasteiger partial charge is 0.107 e. The summed E-state index contributed by atoms with van der Waals surface area (Å²) in [5.74, 6) is 0.977. The summed E-state index contributed by atoms with van der Waals surface area (Å²) in [6.07, 6.45) is 1.78. The summed E-state index contributed by atoms with van der Waals surface area (Å²) in [5.41, 5.74) is 9.63. The molecule has 104 valence electrons.